The van der Waals surface area contributed by atoms with E-state index in [0.29, 0.717) is 0 Å². The van der Waals surface area contributed by atoms with E-state index in [4.69, 9.17) is 0 Å². The van der Waals surface area contributed by atoms with Gasteiger partial charge in [-0.3, -0.25) is 4.72 Å². The van der Waals surface area contributed by atoms with Crippen LogP contribution in [0.3, 0.4) is 0 Å². The van der Waals surface area contributed by atoms with Crippen LogP contribution < -0.4 is 10.0 Å². The molecule has 0 radical (unpaired) electrons. The molecule has 0 bridgehead atoms. The van der Waals surface area contributed by atoms with Gasteiger partial charge in [0.15, 0.2) is 0 Å². The molecule has 0 amide bonds. The van der Waals surface area contributed by atoms with Crippen molar-refractivity contribution < 1.29 is 21.6 Å². The fourth-order valence-electron chi connectivity index (χ4n) is 2.91. The molecule has 0 saturated carbocycles. The van der Waals surface area contributed by atoms with Gasteiger partial charge < -0.3 is 5.32 Å². The summed E-state index contributed by atoms with van der Waals surface area (Å²) in [5, 5.41) is 3.09. The molecule has 0 heterocycles. The Hall–Kier alpha value is -3.00. The van der Waals surface area contributed by atoms with E-state index in [9.17, 15) is 21.6 Å². The summed E-state index contributed by atoms with van der Waals surface area (Å²) < 4.78 is 67.5. The second-order valence-corrected chi connectivity index (χ2v) is 8.64. The van der Waals surface area contributed by atoms with Crippen LogP contribution >= 0.6 is 0 Å². The van der Waals surface area contributed by atoms with Gasteiger partial charge in [0.2, 0.25) is 0 Å². The third-order valence-corrected chi connectivity index (χ3v) is 5.98. The molecule has 0 saturated heterocycles. The van der Waals surface area contributed by atoms with Gasteiger partial charge >= 0.3 is 6.18 Å². The van der Waals surface area contributed by atoms with Crippen molar-refractivity contribution in [2.45, 2.75) is 31.0 Å². The molecule has 0 aromatic heterocycles. The number of hydrogen-bond donors (Lipinski definition) is 2. The lowest BCUT2D eigenvalue weighted by atomic mass is 10.1. The smallest absolute Gasteiger partial charge is 0.377 e. The summed E-state index contributed by atoms with van der Waals surface area (Å²) in [5.41, 5.74) is 0.905. The van der Waals surface area contributed by atoms with E-state index in [1.54, 1.807) is 12.1 Å². The van der Waals surface area contributed by atoms with Gasteiger partial charge in [0.25, 0.3) is 10.0 Å². The summed E-state index contributed by atoms with van der Waals surface area (Å²) in [6, 6.07) is 18.1. The van der Waals surface area contributed by atoms with Gasteiger partial charge in [-0.05, 0) is 49.7 Å². The normalized spacial score (nSPS) is 13.0. The predicted octanol–water partition coefficient (Wildman–Crippen LogP) is 5.99. The van der Waals surface area contributed by atoms with E-state index in [1.807, 2.05) is 44.2 Å². The Kier molecular flexibility index (Phi) is 6.07. The van der Waals surface area contributed by atoms with Crippen molar-refractivity contribution in [2.24, 2.45) is 0 Å². The molecule has 3 aromatic carbocycles. The maximum Gasteiger partial charge on any atom is 0.416 e. The van der Waals surface area contributed by atoms with Crippen molar-refractivity contribution in [1.82, 2.24) is 0 Å². The monoisotopic (exact) mass is 434 g/mol. The van der Waals surface area contributed by atoms with Crippen LogP contribution in [-0.4, -0.2) is 8.42 Å². The van der Waals surface area contributed by atoms with Crippen LogP contribution in [0, 0.1) is 6.92 Å². The van der Waals surface area contributed by atoms with Crippen LogP contribution in [-0.2, 0) is 16.2 Å². The molecule has 3 rings (SSSR count). The topological polar surface area (TPSA) is 58.2 Å². The zero-order valence-electron chi connectivity index (χ0n) is 16.4. The maximum atomic E-state index is 13.2. The molecule has 30 heavy (non-hydrogen) atoms. The Labute approximate surface area is 173 Å². The Bertz CT molecular complexity index is 1110. The summed E-state index contributed by atoms with van der Waals surface area (Å²) in [7, 11) is -4.07. The molecular formula is C22H21F3N2O2S. The molecule has 4 nitrogen and oxygen atoms in total. The molecule has 0 spiro atoms. The average molecular weight is 434 g/mol. The first-order valence-electron chi connectivity index (χ1n) is 9.18. The fraction of sp³-hybridized carbons (Fsp3) is 0.182. The zero-order valence-corrected chi connectivity index (χ0v) is 17.2. The number of aryl methyl sites for hydroxylation is 1. The van der Waals surface area contributed by atoms with Crippen LogP contribution in [0.25, 0.3) is 0 Å². The molecule has 0 aliphatic carbocycles. The van der Waals surface area contributed by atoms with E-state index >= 15 is 0 Å². The lowest BCUT2D eigenvalue weighted by Crippen LogP contribution is -2.17. The van der Waals surface area contributed by atoms with Crippen molar-refractivity contribution in [2.75, 3.05) is 10.0 Å². The van der Waals surface area contributed by atoms with Crippen LogP contribution in [0.15, 0.2) is 77.7 Å². The predicted molar refractivity (Wildman–Crippen MR) is 112 cm³/mol. The molecule has 0 aliphatic rings. The number of benzene rings is 3. The molecular weight excluding hydrogens is 413 g/mol. The standard InChI is InChI=1S/C22H21F3N2O2S/c1-15-8-11-19(12-9-15)30(28,29)27-21-14-18(22(23,24)25)10-13-20(21)26-16(2)17-6-4-3-5-7-17/h3-14,16,26-27H,1-2H3. The van der Waals surface area contributed by atoms with Crippen LogP contribution in [0.2, 0.25) is 0 Å². The highest BCUT2D eigenvalue weighted by Crippen LogP contribution is 2.36. The number of hydrogen-bond acceptors (Lipinski definition) is 3. The summed E-state index contributed by atoms with van der Waals surface area (Å²) in [5.74, 6) is 0. The molecule has 1 atom stereocenters. The van der Waals surface area contributed by atoms with Crippen LogP contribution in [0.4, 0.5) is 24.5 Å². The molecule has 158 valence electrons. The minimum absolute atomic E-state index is 0.0347. The van der Waals surface area contributed by atoms with Gasteiger partial charge in [-0.15, -0.1) is 0 Å². The third kappa shape index (κ3) is 5.13. The minimum atomic E-state index is -4.60. The average Bonchev–Trinajstić information content (AvgIpc) is 2.69. The molecule has 8 heteroatoms. The summed E-state index contributed by atoms with van der Waals surface area (Å²) in [6.07, 6.45) is -4.60. The lowest BCUT2D eigenvalue weighted by Gasteiger charge is -2.20. The Morgan fingerprint density at radius 3 is 2.10 bits per heavy atom. The van der Waals surface area contributed by atoms with Gasteiger partial charge in [0, 0.05) is 6.04 Å². The molecule has 2 N–H and O–H groups in total. The van der Waals surface area contributed by atoms with E-state index in [2.05, 4.69) is 10.0 Å². The van der Waals surface area contributed by atoms with Gasteiger partial charge in [-0.25, -0.2) is 8.42 Å². The number of rotatable bonds is 6. The largest absolute Gasteiger partial charge is 0.416 e. The zero-order chi connectivity index (χ0) is 21.9. The van der Waals surface area contributed by atoms with Crippen LogP contribution in [0.1, 0.15) is 29.7 Å². The second kappa shape index (κ2) is 8.39. The lowest BCUT2D eigenvalue weighted by molar-refractivity contribution is -0.137. The van der Waals surface area contributed by atoms with Crippen molar-refractivity contribution in [3.63, 3.8) is 0 Å². The summed E-state index contributed by atoms with van der Waals surface area (Å²) in [6.45, 7) is 3.65. The first-order chi connectivity index (χ1) is 14.1. The van der Waals surface area contributed by atoms with E-state index < -0.39 is 21.8 Å². The molecule has 0 aliphatic heterocycles. The van der Waals surface area contributed by atoms with Crippen LogP contribution in [0.5, 0.6) is 0 Å². The van der Waals surface area contributed by atoms with E-state index in [-0.39, 0.29) is 22.3 Å². The number of sulfonamides is 1. The fourth-order valence-corrected chi connectivity index (χ4v) is 3.98. The number of anilines is 2. The first kappa shape index (κ1) is 21.7. The SMILES string of the molecule is Cc1ccc(S(=O)(=O)Nc2cc(C(F)(F)F)ccc2NC(C)c2ccccc2)cc1. The quantitative estimate of drug-likeness (QED) is 0.501. The molecule has 0 fully saturated rings. The van der Waals surface area contributed by atoms with Crippen molar-refractivity contribution in [3.8, 4) is 0 Å². The Balaban J connectivity index is 1.98. The van der Waals surface area contributed by atoms with Gasteiger partial charge in [0.05, 0.1) is 21.8 Å². The number of alkyl halides is 3. The number of nitrogens with one attached hydrogen (secondary N) is 2. The van der Waals surface area contributed by atoms with Crippen molar-refractivity contribution in [1.29, 1.82) is 0 Å². The van der Waals surface area contributed by atoms with E-state index in [1.165, 1.54) is 18.2 Å². The van der Waals surface area contributed by atoms with Crippen molar-refractivity contribution >= 4 is 21.4 Å². The Morgan fingerprint density at radius 2 is 1.50 bits per heavy atom. The number of halogens is 3. The van der Waals surface area contributed by atoms with E-state index in [0.717, 1.165) is 23.3 Å². The maximum absolute atomic E-state index is 13.2. The molecule has 1 unspecified atom stereocenters. The highest BCUT2D eigenvalue weighted by molar-refractivity contribution is 7.92. The van der Waals surface area contributed by atoms with Gasteiger partial charge in [-0.1, -0.05) is 48.0 Å². The summed E-state index contributed by atoms with van der Waals surface area (Å²) >= 11 is 0. The minimum Gasteiger partial charge on any atom is -0.377 e. The van der Waals surface area contributed by atoms with Crippen molar-refractivity contribution in [3.05, 3.63) is 89.5 Å². The second-order valence-electron chi connectivity index (χ2n) is 6.95. The van der Waals surface area contributed by atoms with Gasteiger partial charge in [0.1, 0.15) is 0 Å². The summed E-state index contributed by atoms with van der Waals surface area (Å²) in [4.78, 5) is -0.0347. The van der Waals surface area contributed by atoms with Gasteiger partial charge in [-0.2, -0.15) is 13.2 Å². The third-order valence-electron chi connectivity index (χ3n) is 4.59. The highest BCUT2D eigenvalue weighted by Gasteiger charge is 2.31. The first-order valence-corrected chi connectivity index (χ1v) is 10.7. The Morgan fingerprint density at radius 1 is 0.867 bits per heavy atom. The molecule has 3 aromatic rings. The highest BCUT2D eigenvalue weighted by atomic mass is 32.2.